The third-order valence-corrected chi connectivity index (χ3v) is 7.87. The number of aromatic nitrogens is 3. The number of pyridine rings is 1. The van der Waals surface area contributed by atoms with E-state index < -0.39 is 0 Å². The SMILES string of the molecule is Cc1nc(N)c2nc(C)n(CCNC(=S)NC34CC5CC(CC(C5)C3)C4)c2c1C. The van der Waals surface area contributed by atoms with E-state index in [1.165, 1.54) is 38.5 Å². The van der Waals surface area contributed by atoms with Gasteiger partial charge in [0.25, 0.3) is 0 Å². The zero-order chi connectivity index (χ0) is 20.3. The molecule has 0 aromatic carbocycles. The maximum Gasteiger partial charge on any atom is 0.166 e. The van der Waals surface area contributed by atoms with Crippen LogP contribution in [-0.4, -0.2) is 31.7 Å². The molecule has 0 saturated heterocycles. The van der Waals surface area contributed by atoms with Crippen molar-refractivity contribution in [2.45, 2.75) is 71.4 Å². The fraction of sp³-hybridized carbons (Fsp3) is 0.682. The van der Waals surface area contributed by atoms with E-state index in [2.05, 4.69) is 32.1 Å². The van der Waals surface area contributed by atoms with Crippen molar-refractivity contribution in [3.63, 3.8) is 0 Å². The molecule has 4 N–H and O–H groups in total. The van der Waals surface area contributed by atoms with Crippen molar-refractivity contribution in [3.8, 4) is 0 Å². The number of hydrogen-bond donors (Lipinski definition) is 3. The lowest BCUT2D eigenvalue weighted by Gasteiger charge is -2.57. The molecule has 0 radical (unpaired) electrons. The number of nitrogens with one attached hydrogen (secondary N) is 2. The van der Waals surface area contributed by atoms with Crippen LogP contribution in [0.4, 0.5) is 5.82 Å². The molecule has 4 fully saturated rings. The Kier molecular flexibility index (Phi) is 4.49. The van der Waals surface area contributed by atoms with Gasteiger partial charge < -0.3 is 20.9 Å². The monoisotopic (exact) mass is 412 g/mol. The fourth-order valence-electron chi connectivity index (χ4n) is 6.72. The molecule has 7 heteroatoms. The summed E-state index contributed by atoms with van der Waals surface area (Å²) in [7, 11) is 0. The minimum atomic E-state index is 0.254. The summed E-state index contributed by atoms with van der Waals surface area (Å²) >= 11 is 5.70. The van der Waals surface area contributed by atoms with Gasteiger partial charge in [0, 0.05) is 24.3 Å². The van der Waals surface area contributed by atoms with Crippen LogP contribution in [0.5, 0.6) is 0 Å². The molecule has 0 unspecified atom stereocenters. The highest BCUT2D eigenvalue weighted by atomic mass is 32.1. The molecule has 4 saturated carbocycles. The molecule has 4 bridgehead atoms. The van der Waals surface area contributed by atoms with Gasteiger partial charge in [-0.2, -0.15) is 0 Å². The second-order valence-corrected chi connectivity index (χ2v) is 10.2. The van der Waals surface area contributed by atoms with Gasteiger partial charge in [-0.25, -0.2) is 9.97 Å². The summed E-state index contributed by atoms with van der Waals surface area (Å²) < 4.78 is 2.23. The van der Waals surface area contributed by atoms with Crippen molar-refractivity contribution in [2.75, 3.05) is 12.3 Å². The highest BCUT2D eigenvalue weighted by molar-refractivity contribution is 7.80. The van der Waals surface area contributed by atoms with Crippen molar-refractivity contribution >= 4 is 34.2 Å². The van der Waals surface area contributed by atoms with Gasteiger partial charge in [-0.1, -0.05) is 0 Å². The minimum absolute atomic E-state index is 0.254. The van der Waals surface area contributed by atoms with Crippen LogP contribution in [0.3, 0.4) is 0 Å². The number of nitrogens with two attached hydrogens (primary N) is 1. The molecular weight excluding hydrogens is 380 g/mol. The number of hydrogen-bond acceptors (Lipinski definition) is 4. The first-order valence-electron chi connectivity index (χ1n) is 11.0. The van der Waals surface area contributed by atoms with Gasteiger partial charge in [0.2, 0.25) is 0 Å². The lowest BCUT2D eigenvalue weighted by atomic mass is 9.53. The fourth-order valence-corrected chi connectivity index (χ4v) is 7.03. The number of imidazole rings is 1. The Labute approximate surface area is 178 Å². The smallest absolute Gasteiger partial charge is 0.166 e. The normalized spacial score (nSPS) is 30.1. The highest BCUT2D eigenvalue weighted by Gasteiger charge is 2.51. The van der Waals surface area contributed by atoms with Crippen LogP contribution in [0.15, 0.2) is 0 Å². The average molecular weight is 413 g/mol. The molecule has 6 nitrogen and oxygen atoms in total. The number of nitrogens with zero attached hydrogens (tertiary/aromatic N) is 3. The topological polar surface area (TPSA) is 80.8 Å². The molecule has 6 rings (SSSR count). The Bertz CT molecular complexity index is 942. The maximum atomic E-state index is 6.12. The largest absolute Gasteiger partial charge is 0.382 e. The summed E-state index contributed by atoms with van der Waals surface area (Å²) in [4.78, 5) is 9.08. The molecular formula is C22H32N6S. The van der Waals surface area contributed by atoms with Crippen molar-refractivity contribution in [3.05, 3.63) is 17.1 Å². The van der Waals surface area contributed by atoms with Crippen LogP contribution in [0, 0.1) is 38.5 Å². The van der Waals surface area contributed by atoms with Crippen LogP contribution in [0.25, 0.3) is 11.0 Å². The molecule has 156 valence electrons. The Hall–Kier alpha value is -1.89. The molecule has 0 amide bonds. The van der Waals surface area contributed by atoms with E-state index >= 15 is 0 Å². The summed E-state index contributed by atoms with van der Waals surface area (Å²) in [6.45, 7) is 7.69. The molecule has 2 heterocycles. The van der Waals surface area contributed by atoms with E-state index in [0.717, 1.165) is 64.1 Å². The summed E-state index contributed by atoms with van der Waals surface area (Å²) in [5, 5.41) is 8.02. The zero-order valence-corrected chi connectivity index (χ0v) is 18.5. The molecule has 2 aromatic rings. The van der Waals surface area contributed by atoms with Gasteiger partial charge in [-0.15, -0.1) is 0 Å². The van der Waals surface area contributed by atoms with Crippen LogP contribution in [0.2, 0.25) is 0 Å². The first-order valence-corrected chi connectivity index (χ1v) is 11.4. The predicted molar refractivity (Wildman–Crippen MR) is 121 cm³/mol. The van der Waals surface area contributed by atoms with Crippen molar-refractivity contribution in [2.24, 2.45) is 17.8 Å². The minimum Gasteiger partial charge on any atom is -0.382 e. The summed E-state index contributed by atoms with van der Waals surface area (Å²) in [5.74, 6) is 4.23. The van der Waals surface area contributed by atoms with E-state index in [4.69, 9.17) is 18.0 Å². The molecule has 2 aromatic heterocycles. The van der Waals surface area contributed by atoms with Gasteiger partial charge in [-0.3, -0.25) is 0 Å². The molecule has 4 aliphatic carbocycles. The zero-order valence-electron chi connectivity index (χ0n) is 17.7. The number of fused-ring (bicyclic) bond motifs is 1. The van der Waals surface area contributed by atoms with E-state index in [1.54, 1.807) is 0 Å². The third kappa shape index (κ3) is 3.27. The third-order valence-electron chi connectivity index (χ3n) is 7.63. The molecule has 0 aliphatic heterocycles. The molecule has 29 heavy (non-hydrogen) atoms. The first kappa shape index (κ1) is 19.1. The van der Waals surface area contributed by atoms with Crippen LogP contribution in [-0.2, 0) is 6.54 Å². The van der Waals surface area contributed by atoms with Crippen molar-refractivity contribution in [1.29, 1.82) is 0 Å². The van der Waals surface area contributed by atoms with Gasteiger partial charge in [0.05, 0.1) is 5.52 Å². The van der Waals surface area contributed by atoms with Crippen LogP contribution >= 0.6 is 12.2 Å². The lowest BCUT2D eigenvalue weighted by Crippen LogP contribution is -2.61. The Morgan fingerprint density at radius 1 is 1.10 bits per heavy atom. The standard InChI is InChI=1S/C22H32N6S/c1-12-13(2)25-20(23)18-19(12)28(14(3)26-18)5-4-24-21(29)27-22-9-15-6-16(10-22)8-17(7-15)11-22/h15-17H,4-11H2,1-3H3,(H2,23,25)(H2,24,27,29). The number of aryl methyl sites for hydroxylation is 3. The van der Waals surface area contributed by atoms with Gasteiger partial charge in [-0.05, 0) is 94.8 Å². The van der Waals surface area contributed by atoms with Gasteiger partial charge in [0.1, 0.15) is 11.3 Å². The Morgan fingerprint density at radius 2 is 1.72 bits per heavy atom. The number of anilines is 1. The highest BCUT2D eigenvalue weighted by Crippen LogP contribution is 2.55. The van der Waals surface area contributed by atoms with E-state index in [0.29, 0.717) is 5.82 Å². The molecule has 0 spiro atoms. The second-order valence-electron chi connectivity index (χ2n) is 9.79. The summed E-state index contributed by atoms with van der Waals surface area (Å²) in [5.41, 5.74) is 10.4. The van der Waals surface area contributed by atoms with Crippen molar-refractivity contribution in [1.82, 2.24) is 25.2 Å². The number of nitrogen functional groups attached to an aromatic ring is 1. The van der Waals surface area contributed by atoms with Gasteiger partial charge in [0.15, 0.2) is 10.9 Å². The number of rotatable bonds is 4. The lowest BCUT2D eigenvalue weighted by molar-refractivity contribution is -0.0101. The summed E-state index contributed by atoms with van der Waals surface area (Å²) in [6, 6.07) is 0. The van der Waals surface area contributed by atoms with E-state index in [-0.39, 0.29) is 5.54 Å². The van der Waals surface area contributed by atoms with Crippen LogP contribution in [0.1, 0.15) is 55.6 Å². The quantitative estimate of drug-likeness (QED) is 0.668. The molecule has 4 aliphatic rings. The second kappa shape index (κ2) is 6.83. The Morgan fingerprint density at radius 3 is 2.34 bits per heavy atom. The van der Waals surface area contributed by atoms with Gasteiger partial charge >= 0.3 is 0 Å². The Balaban J connectivity index is 1.25. The van der Waals surface area contributed by atoms with Crippen molar-refractivity contribution < 1.29 is 0 Å². The van der Waals surface area contributed by atoms with E-state index in [9.17, 15) is 0 Å². The number of thiocarbonyl (C=S) groups is 1. The van der Waals surface area contributed by atoms with Crippen LogP contribution < -0.4 is 16.4 Å². The predicted octanol–water partition coefficient (Wildman–Crippen LogP) is 3.37. The summed E-state index contributed by atoms with van der Waals surface area (Å²) in [6.07, 6.45) is 8.26. The first-order chi connectivity index (χ1) is 13.8. The van der Waals surface area contributed by atoms with E-state index in [1.807, 2.05) is 13.8 Å². The maximum absolute atomic E-state index is 6.12. The molecule has 0 atom stereocenters. The average Bonchev–Trinajstić information content (AvgIpc) is 2.95.